The van der Waals surface area contributed by atoms with Gasteiger partial charge in [-0.2, -0.15) is 10.1 Å². The predicted molar refractivity (Wildman–Crippen MR) is 109 cm³/mol. The molecule has 2 aromatic heterocycles. The molecule has 0 unspecified atom stereocenters. The van der Waals surface area contributed by atoms with Crippen LogP contribution in [0.1, 0.15) is 22.4 Å². The molecule has 0 aliphatic heterocycles. The minimum absolute atomic E-state index is 0.105. The number of hydrogen-bond acceptors (Lipinski definition) is 3. The minimum atomic E-state index is -0.296. The second kappa shape index (κ2) is 7.24. The molecular formula is C22H19ClFN3O. The minimum Gasteiger partial charge on any atom is -0.473 e. The van der Waals surface area contributed by atoms with E-state index in [-0.39, 0.29) is 12.4 Å². The molecule has 0 radical (unpaired) electrons. The van der Waals surface area contributed by atoms with Gasteiger partial charge in [-0.25, -0.2) is 9.07 Å². The van der Waals surface area contributed by atoms with Gasteiger partial charge in [-0.1, -0.05) is 35.9 Å². The van der Waals surface area contributed by atoms with Crippen LogP contribution >= 0.6 is 11.6 Å². The Morgan fingerprint density at radius 3 is 2.64 bits per heavy atom. The Bertz CT molecular complexity index is 1190. The molecule has 4 aromatic rings. The smallest absolute Gasteiger partial charge is 0.215 e. The Morgan fingerprint density at radius 1 is 1.07 bits per heavy atom. The van der Waals surface area contributed by atoms with Gasteiger partial charge in [-0.05, 0) is 50.1 Å². The Morgan fingerprint density at radius 2 is 1.86 bits per heavy atom. The van der Waals surface area contributed by atoms with Crippen LogP contribution in [0, 0.1) is 26.6 Å². The van der Waals surface area contributed by atoms with Gasteiger partial charge in [0.2, 0.25) is 5.88 Å². The third-order valence-corrected chi connectivity index (χ3v) is 5.20. The molecule has 6 heteroatoms. The highest BCUT2D eigenvalue weighted by Gasteiger charge is 2.17. The van der Waals surface area contributed by atoms with Crippen LogP contribution in [0.2, 0.25) is 5.02 Å². The van der Waals surface area contributed by atoms with Crippen LogP contribution in [-0.4, -0.2) is 14.8 Å². The van der Waals surface area contributed by atoms with Gasteiger partial charge in [-0.3, -0.25) is 0 Å². The summed E-state index contributed by atoms with van der Waals surface area (Å²) in [5.74, 6) is 0.129. The fourth-order valence-electron chi connectivity index (χ4n) is 3.31. The standard InChI is InChI=1S/C22H19ClFN3O/c1-13-11-20(28-12-16-7-4-5-9-18(16)24)25-22-21(13)15(3)26-27(22)19-10-6-8-17(23)14(19)2/h4-11H,12H2,1-3H3. The number of nitrogens with zero attached hydrogens (tertiary/aromatic N) is 3. The first-order valence-electron chi connectivity index (χ1n) is 8.94. The fraction of sp³-hybridized carbons (Fsp3) is 0.182. The van der Waals surface area contributed by atoms with Crippen LogP contribution < -0.4 is 4.74 Å². The summed E-state index contributed by atoms with van der Waals surface area (Å²) in [6.45, 7) is 6.00. The molecule has 0 bridgehead atoms. The van der Waals surface area contributed by atoms with Gasteiger partial charge in [0, 0.05) is 22.0 Å². The van der Waals surface area contributed by atoms with Gasteiger partial charge < -0.3 is 4.74 Å². The van der Waals surface area contributed by atoms with E-state index in [9.17, 15) is 4.39 Å². The molecule has 0 amide bonds. The second-order valence-corrected chi connectivity index (χ2v) is 7.14. The first-order valence-corrected chi connectivity index (χ1v) is 9.32. The van der Waals surface area contributed by atoms with Gasteiger partial charge in [0.05, 0.1) is 11.4 Å². The average molecular weight is 396 g/mol. The van der Waals surface area contributed by atoms with Crippen LogP contribution in [0.15, 0.2) is 48.5 Å². The topological polar surface area (TPSA) is 39.9 Å². The van der Waals surface area contributed by atoms with E-state index in [2.05, 4.69) is 10.1 Å². The van der Waals surface area contributed by atoms with Crippen LogP contribution in [0.25, 0.3) is 16.7 Å². The first kappa shape index (κ1) is 18.4. The normalized spacial score (nSPS) is 11.2. The Hall–Kier alpha value is -2.92. The highest BCUT2D eigenvalue weighted by molar-refractivity contribution is 6.31. The van der Waals surface area contributed by atoms with E-state index >= 15 is 0 Å². The van der Waals surface area contributed by atoms with Crippen molar-refractivity contribution in [3.05, 3.63) is 81.8 Å². The zero-order valence-corrected chi connectivity index (χ0v) is 16.6. The molecule has 0 saturated heterocycles. The Kier molecular flexibility index (Phi) is 4.77. The van der Waals surface area contributed by atoms with E-state index in [0.717, 1.165) is 27.9 Å². The van der Waals surface area contributed by atoms with Crippen molar-refractivity contribution >= 4 is 22.6 Å². The molecule has 142 valence electrons. The number of fused-ring (bicyclic) bond motifs is 1. The predicted octanol–water partition coefficient (Wildman–Crippen LogP) is 5.72. The number of ether oxygens (including phenoxy) is 1. The summed E-state index contributed by atoms with van der Waals surface area (Å²) in [6.07, 6.45) is 0. The molecule has 0 fully saturated rings. The largest absolute Gasteiger partial charge is 0.473 e. The lowest BCUT2D eigenvalue weighted by atomic mass is 10.1. The lowest BCUT2D eigenvalue weighted by molar-refractivity contribution is 0.288. The third-order valence-electron chi connectivity index (χ3n) is 4.79. The van der Waals surface area contributed by atoms with Crippen molar-refractivity contribution in [2.75, 3.05) is 0 Å². The van der Waals surface area contributed by atoms with E-state index < -0.39 is 0 Å². The summed E-state index contributed by atoms with van der Waals surface area (Å²) in [5, 5.41) is 6.32. The number of pyridine rings is 1. The van der Waals surface area contributed by atoms with Crippen molar-refractivity contribution in [1.29, 1.82) is 0 Å². The summed E-state index contributed by atoms with van der Waals surface area (Å²) in [7, 11) is 0. The summed E-state index contributed by atoms with van der Waals surface area (Å²) in [5.41, 5.74) is 4.83. The fourth-order valence-corrected chi connectivity index (χ4v) is 3.48. The summed E-state index contributed by atoms with van der Waals surface area (Å²) in [4.78, 5) is 4.66. The molecule has 0 N–H and O–H groups in total. The lowest BCUT2D eigenvalue weighted by Gasteiger charge is -2.10. The van der Waals surface area contributed by atoms with Crippen molar-refractivity contribution in [2.45, 2.75) is 27.4 Å². The van der Waals surface area contributed by atoms with E-state index in [0.29, 0.717) is 22.1 Å². The zero-order valence-electron chi connectivity index (χ0n) is 15.8. The van der Waals surface area contributed by atoms with Crippen LogP contribution in [0.5, 0.6) is 5.88 Å². The maximum Gasteiger partial charge on any atom is 0.215 e. The third kappa shape index (κ3) is 3.22. The van der Waals surface area contributed by atoms with Crippen molar-refractivity contribution in [3.63, 3.8) is 0 Å². The van der Waals surface area contributed by atoms with Gasteiger partial charge in [0.25, 0.3) is 0 Å². The quantitative estimate of drug-likeness (QED) is 0.444. The molecule has 2 aromatic carbocycles. The number of halogens is 2. The highest BCUT2D eigenvalue weighted by atomic mass is 35.5. The Labute approximate surface area is 167 Å². The average Bonchev–Trinajstić information content (AvgIpc) is 3.00. The number of benzene rings is 2. The summed E-state index contributed by atoms with van der Waals surface area (Å²) in [6, 6.07) is 14.1. The van der Waals surface area contributed by atoms with Crippen LogP contribution in [-0.2, 0) is 6.61 Å². The van der Waals surface area contributed by atoms with E-state index in [1.54, 1.807) is 22.9 Å². The molecule has 0 atom stereocenters. The van der Waals surface area contributed by atoms with Crippen molar-refractivity contribution in [2.24, 2.45) is 0 Å². The van der Waals surface area contributed by atoms with Gasteiger partial charge in [0.1, 0.15) is 12.4 Å². The van der Waals surface area contributed by atoms with Crippen molar-refractivity contribution in [3.8, 4) is 11.6 Å². The van der Waals surface area contributed by atoms with E-state index in [4.69, 9.17) is 16.3 Å². The second-order valence-electron chi connectivity index (χ2n) is 6.74. The number of rotatable bonds is 4. The van der Waals surface area contributed by atoms with Crippen molar-refractivity contribution in [1.82, 2.24) is 14.8 Å². The number of hydrogen-bond donors (Lipinski definition) is 0. The van der Waals surface area contributed by atoms with Gasteiger partial charge >= 0.3 is 0 Å². The van der Waals surface area contributed by atoms with Crippen LogP contribution in [0.4, 0.5) is 4.39 Å². The zero-order chi connectivity index (χ0) is 19.8. The molecule has 0 aliphatic rings. The van der Waals surface area contributed by atoms with Crippen LogP contribution in [0.3, 0.4) is 0 Å². The SMILES string of the molecule is Cc1c(Cl)cccc1-n1nc(C)c2c(C)cc(OCc3ccccc3F)nc21. The molecule has 4 nitrogen and oxygen atoms in total. The molecule has 0 aliphatic carbocycles. The first-order chi connectivity index (χ1) is 13.5. The monoisotopic (exact) mass is 395 g/mol. The Balaban J connectivity index is 1.79. The highest BCUT2D eigenvalue weighted by Crippen LogP contribution is 2.29. The molecule has 28 heavy (non-hydrogen) atoms. The molecule has 0 saturated carbocycles. The molecule has 2 heterocycles. The van der Waals surface area contributed by atoms with E-state index in [1.165, 1.54) is 6.07 Å². The molecule has 0 spiro atoms. The number of aryl methyl sites for hydroxylation is 2. The summed E-state index contributed by atoms with van der Waals surface area (Å²) < 4.78 is 21.5. The number of aromatic nitrogens is 3. The van der Waals surface area contributed by atoms with Gasteiger partial charge in [0.15, 0.2) is 5.65 Å². The lowest BCUT2D eigenvalue weighted by Crippen LogP contribution is -2.03. The van der Waals surface area contributed by atoms with E-state index in [1.807, 2.05) is 45.0 Å². The molecular weight excluding hydrogens is 377 g/mol. The maximum atomic E-state index is 13.9. The van der Waals surface area contributed by atoms with Gasteiger partial charge in [-0.15, -0.1) is 0 Å². The molecule has 4 rings (SSSR count). The summed E-state index contributed by atoms with van der Waals surface area (Å²) >= 11 is 6.29. The maximum absolute atomic E-state index is 13.9. The van der Waals surface area contributed by atoms with Crippen molar-refractivity contribution < 1.29 is 9.13 Å².